The summed E-state index contributed by atoms with van der Waals surface area (Å²) in [4.78, 5) is 25.9. The summed E-state index contributed by atoms with van der Waals surface area (Å²) in [6.45, 7) is 3.61. The van der Waals surface area contributed by atoms with Crippen LogP contribution in [0.2, 0.25) is 0 Å². The maximum atomic E-state index is 12.2. The Kier molecular flexibility index (Phi) is 5.19. The SMILES string of the molecule is CC(OC(=O)c1cc(N)ccc1Br)C(=O)N1CCOCC1. The van der Waals surface area contributed by atoms with Crippen LogP contribution in [0.25, 0.3) is 0 Å². The normalized spacial score (nSPS) is 16.4. The fourth-order valence-electron chi connectivity index (χ4n) is 2.01. The van der Waals surface area contributed by atoms with Crippen LogP contribution in [0, 0.1) is 0 Å². The minimum absolute atomic E-state index is 0.216. The Morgan fingerprint density at radius 3 is 2.71 bits per heavy atom. The summed E-state index contributed by atoms with van der Waals surface area (Å²) in [5.41, 5.74) is 6.41. The van der Waals surface area contributed by atoms with Crippen molar-refractivity contribution in [3.8, 4) is 0 Å². The number of hydrogen-bond acceptors (Lipinski definition) is 5. The van der Waals surface area contributed by atoms with E-state index in [4.69, 9.17) is 15.2 Å². The highest BCUT2D eigenvalue weighted by molar-refractivity contribution is 9.10. The topological polar surface area (TPSA) is 81.9 Å². The molecular formula is C14H17BrN2O4. The molecule has 21 heavy (non-hydrogen) atoms. The van der Waals surface area contributed by atoms with E-state index in [0.717, 1.165) is 0 Å². The van der Waals surface area contributed by atoms with Gasteiger partial charge in [-0.15, -0.1) is 0 Å². The smallest absolute Gasteiger partial charge is 0.340 e. The van der Waals surface area contributed by atoms with Crippen molar-refractivity contribution in [2.75, 3.05) is 32.0 Å². The highest BCUT2D eigenvalue weighted by Gasteiger charge is 2.26. The third-order valence-electron chi connectivity index (χ3n) is 3.16. The first-order chi connectivity index (χ1) is 9.99. The average Bonchev–Trinajstić information content (AvgIpc) is 2.49. The van der Waals surface area contributed by atoms with Gasteiger partial charge in [-0.1, -0.05) is 0 Å². The second-order valence-corrected chi connectivity index (χ2v) is 5.58. The van der Waals surface area contributed by atoms with Gasteiger partial charge in [-0.25, -0.2) is 4.79 Å². The minimum atomic E-state index is -0.844. The van der Waals surface area contributed by atoms with Gasteiger partial charge >= 0.3 is 5.97 Å². The summed E-state index contributed by atoms with van der Waals surface area (Å²) in [5.74, 6) is -0.796. The van der Waals surface area contributed by atoms with Crippen LogP contribution in [0.15, 0.2) is 22.7 Å². The van der Waals surface area contributed by atoms with Gasteiger partial charge in [0, 0.05) is 23.2 Å². The molecule has 0 aromatic heterocycles. The zero-order chi connectivity index (χ0) is 15.4. The van der Waals surface area contributed by atoms with Gasteiger partial charge in [-0.3, -0.25) is 4.79 Å². The summed E-state index contributed by atoms with van der Waals surface area (Å²) in [7, 11) is 0. The number of halogens is 1. The van der Waals surface area contributed by atoms with Gasteiger partial charge in [0.25, 0.3) is 5.91 Å². The van der Waals surface area contributed by atoms with Crippen LogP contribution in [0.3, 0.4) is 0 Å². The number of nitrogens with two attached hydrogens (primary N) is 1. The largest absolute Gasteiger partial charge is 0.449 e. The van der Waals surface area contributed by atoms with Crippen LogP contribution in [0.1, 0.15) is 17.3 Å². The maximum Gasteiger partial charge on any atom is 0.340 e. The quantitative estimate of drug-likeness (QED) is 0.654. The number of carbonyl (C=O) groups excluding carboxylic acids is 2. The molecule has 114 valence electrons. The van der Waals surface area contributed by atoms with Gasteiger partial charge in [0.15, 0.2) is 6.10 Å². The van der Waals surface area contributed by atoms with Gasteiger partial charge in [-0.2, -0.15) is 0 Å². The number of esters is 1. The molecule has 0 aliphatic carbocycles. The summed E-state index contributed by atoms with van der Waals surface area (Å²) in [6, 6.07) is 4.85. The molecule has 0 radical (unpaired) electrons. The number of carbonyl (C=O) groups is 2. The van der Waals surface area contributed by atoms with Crippen molar-refractivity contribution in [2.24, 2.45) is 0 Å². The van der Waals surface area contributed by atoms with Crippen LogP contribution < -0.4 is 5.73 Å². The molecular weight excluding hydrogens is 340 g/mol. The van der Waals surface area contributed by atoms with Crippen molar-refractivity contribution in [1.29, 1.82) is 0 Å². The lowest BCUT2D eigenvalue weighted by atomic mass is 10.2. The number of amides is 1. The molecule has 1 aliphatic heterocycles. The second kappa shape index (κ2) is 6.91. The molecule has 1 aromatic carbocycles. The number of morpholine rings is 1. The van der Waals surface area contributed by atoms with E-state index in [9.17, 15) is 9.59 Å². The molecule has 1 atom stereocenters. The van der Waals surface area contributed by atoms with Crippen molar-refractivity contribution in [2.45, 2.75) is 13.0 Å². The van der Waals surface area contributed by atoms with E-state index in [1.807, 2.05) is 0 Å². The summed E-state index contributed by atoms with van der Waals surface area (Å²) >= 11 is 3.27. The Hall–Kier alpha value is -1.60. The Morgan fingerprint density at radius 1 is 1.38 bits per heavy atom. The number of hydrogen-bond donors (Lipinski definition) is 1. The Labute approximate surface area is 131 Å². The van der Waals surface area contributed by atoms with E-state index in [2.05, 4.69) is 15.9 Å². The second-order valence-electron chi connectivity index (χ2n) is 4.72. The molecule has 1 amide bonds. The molecule has 7 heteroatoms. The third-order valence-corrected chi connectivity index (χ3v) is 3.86. The number of benzene rings is 1. The van der Waals surface area contributed by atoms with Gasteiger partial charge in [0.1, 0.15) is 0 Å². The predicted octanol–water partition coefficient (Wildman–Crippen LogP) is 1.44. The third kappa shape index (κ3) is 3.95. The average molecular weight is 357 g/mol. The fraction of sp³-hybridized carbons (Fsp3) is 0.429. The van der Waals surface area contributed by atoms with Crippen LogP contribution in [-0.2, 0) is 14.3 Å². The van der Waals surface area contributed by atoms with E-state index >= 15 is 0 Å². The van der Waals surface area contributed by atoms with E-state index in [1.54, 1.807) is 24.0 Å². The predicted molar refractivity (Wildman–Crippen MR) is 80.8 cm³/mol. The number of nitrogen functional groups attached to an aromatic ring is 1. The van der Waals surface area contributed by atoms with E-state index < -0.39 is 12.1 Å². The van der Waals surface area contributed by atoms with Crippen molar-refractivity contribution in [1.82, 2.24) is 4.90 Å². The van der Waals surface area contributed by atoms with Crippen LogP contribution in [0.4, 0.5) is 5.69 Å². The molecule has 1 saturated heterocycles. The summed E-state index contributed by atoms with van der Waals surface area (Å²) in [6.07, 6.45) is -0.844. The van der Waals surface area contributed by atoms with Crippen molar-refractivity contribution in [3.63, 3.8) is 0 Å². The molecule has 0 saturated carbocycles. The summed E-state index contributed by atoms with van der Waals surface area (Å²) in [5, 5.41) is 0. The fourth-order valence-corrected chi connectivity index (χ4v) is 2.42. The first-order valence-electron chi connectivity index (χ1n) is 6.61. The van der Waals surface area contributed by atoms with Crippen molar-refractivity contribution >= 4 is 33.5 Å². The van der Waals surface area contributed by atoms with Gasteiger partial charge in [-0.05, 0) is 41.1 Å². The molecule has 1 aromatic rings. The monoisotopic (exact) mass is 356 g/mol. The van der Waals surface area contributed by atoms with E-state index in [0.29, 0.717) is 42.0 Å². The Bertz CT molecular complexity index is 544. The molecule has 1 aliphatic rings. The highest BCUT2D eigenvalue weighted by Crippen LogP contribution is 2.21. The van der Waals surface area contributed by atoms with Crippen molar-refractivity contribution in [3.05, 3.63) is 28.2 Å². The number of ether oxygens (including phenoxy) is 2. The number of rotatable bonds is 3. The Balaban J connectivity index is 2.01. The maximum absolute atomic E-state index is 12.2. The molecule has 2 rings (SSSR count). The molecule has 1 heterocycles. The Morgan fingerprint density at radius 2 is 2.05 bits per heavy atom. The number of nitrogens with zero attached hydrogens (tertiary/aromatic N) is 1. The van der Waals surface area contributed by atoms with Crippen LogP contribution in [-0.4, -0.2) is 49.2 Å². The van der Waals surface area contributed by atoms with Crippen LogP contribution >= 0.6 is 15.9 Å². The highest BCUT2D eigenvalue weighted by atomic mass is 79.9. The molecule has 0 bridgehead atoms. The molecule has 0 spiro atoms. The van der Waals surface area contributed by atoms with Gasteiger partial charge < -0.3 is 20.1 Å². The standard InChI is InChI=1S/C14H17BrN2O4/c1-9(13(18)17-4-6-20-7-5-17)21-14(19)11-8-10(16)2-3-12(11)15/h2-3,8-9H,4-7,16H2,1H3. The zero-order valence-electron chi connectivity index (χ0n) is 11.7. The molecule has 2 N–H and O–H groups in total. The minimum Gasteiger partial charge on any atom is -0.449 e. The lowest BCUT2D eigenvalue weighted by Gasteiger charge is -2.29. The molecule has 1 fully saturated rings. The van der Waals surface area contributed by atoms with Crippen LogP contribution in [0.5, 0.6) is 0 Å². The number of anilines is 1. The van der Waals surface area contributed by atoms with Crippen molar-refractivity contribution < 1.29 is 19.1 Å². The molecule has 1 unspecified atom stereocenters. The first kappa shape index (κ1) is 15.8. The lowest BCUT2D eigenvalue weighted by molar-refractivity contribution is -0.143. The molecule has 6 nitrogen and oxygen atoms in total. The zero-order valence-corrected chi connectivity index (χ0v) is 13.3. The van der Waals surface area contributed by atoms with Gasteiger partial charge in [0.05, 0.1) is 18.8 Å². The summed E-state index contributed by atoms with van der Waals surface area (Å²) < 4.78 is 11.0. The van der Waals surface area contributed by atoms with E-state index in [-0.39, 0.29) is 5.91 Å². The lowest BCUT2D eigenvalue weighted by Crippen LogP contribution is -2.46. The first-order valence-corrected chi connectivity index (χ1v) is 7.41. The van der Waals surface area contributed by atoms with Gasteiger partial charge in [0.2, 0.25) is 0 Å². The van der Waals surface area contributed by atoms with E-state index in [1.165, 1.54) is 6.07 Å².